The lowest BCUT2D eigenvalue weighted by Crippen LogP contribution is -2.13. The predicted octanol–water partition coefficient (Wildman–Crippen LogP) is 4.11. The number of nitrogens with zero attached hydrogens (tertiary/aromatic N) is 3. The molecule has 7 nitrogen and oxygen atoms in total. The molecule has 1 saturated heterocycles. The molecule has 1 aromatic heterocycles. The monoisotopic (exact) mass is 398 g/mol. The zero-order chi connectivity index (χ0) is 19.8. The van der Waals surface area contributed by atoms with E-state index in [1.807, 2.05) is 30.3 Å². The van der Waals surface area contributed by atoms with E-state index in [1.54, 1.807) is 0 Å². The maximum Gasteiger partial charge on any atom is 0.268 e. The standard InChI is InChI=1S/C20H22N4O3S/c1-2-3-10-26-16-8-6-14(7-9-16)12-15(13-21)18(25)22-20-24-23-19(28-20)17-5-4-11-27-17/h6-9,12,17H,2-5,10-11H2,1H3,(H,22,24,25)/b15-12+/t17-/m1/s1. The van der Waals surface area contributed by atoms with E-state index < -0.39 is 5.91 Å². The van der Waals surface area contributed by atoms with Crippen LogP contribution in [-0.2, 0) is 9.53 Å². The number of nitrogens with one attached hydrogen (secondary N) is 1. The maximum atomic E-state index is 12.4. The molecule has 2 aromatic rings. The van der Waals surface area contributed by atoms with Gasteiger partial charge < -0.3 is 9.47 Å². The van der Waals surface area contributed by atoms with Gasteiger partial charge in [0.15, 0.2) is 0 Å². The van der Waals surface area contributed by atoms with Gasteiger partial charge in [-0.15, -0.1) is 10.2 Å². The molecule has 2 heterocycles. The lowest BCUT2D eigenvalue weighted by molar-refractivity contribution is -0.112. The highest BCUT2D eigenvalue weighted by atomic mass is 32.1. The Labute approximate surface area is 168 Å². The molecule has 1 aliphatic heterocycles. The van der Waals surface area contributed by atoms with E-state index in [0.29, 0.717) is 11.7 Å². The Kier molecular flexibility index (Phi) is 7.12. The molecule has 146 valence electrons. The third kappa shape index (κ3) is 5.38. The first-order valence-electron chi connectivity index (χ1n) is 9.30. The molecule has 8 heteroatoms. The number of aromatic nitrogens is 2. The van der Waals surface area contributed by atoms with Crippen LogP contribution in [0.15, 0.2) is 29.8 Å². The summed E-state index contributed by atoms with van der Waals surface area (Å²) in [7, 11) is 0. The minimum atomic E-state index is -0.513. The Bertz CT molecular complexity index is 864. The number of anilines is 1. The fourth-order valence-electron chi connectivity index (χ4n) is 2.66. The van der Waals surface area contributed by atoms with E-state index in [4.69, 9.17) is 9.47 Å². The van der Waals surface area contributed by atoms with Crippen LogP contribution in [-0.4, -0.2) is 29.3 Å². The Morgan fingerprint density at radius 3 is 2.93 bits per heavy atom. The van der Waals surface area contributed by atoms with Crippen LogP contribution in [0.1, 0.15) is 49.3 Å². The number of hydrogen-bond donors (Lipinski definition) is 1. The van der Waals surface area contributed by atoms with Crippen LogP contribution in [0, 0.1) is 11.3 Å². The zero-order valence-electron chi connectivity index (χ0n) is 15.7. The van der Waals surface area contributed by atoms with Crippen molar-refractivity contribution in [2.75, 3.05) is 18.5 Å². The van der Waals surface area contributed by atoms with Crippen LogP contribution in [0.5, 0.6) is 5.75 Å². The Morgan fingerprint density at radius 1 is 1.43 bits per heavy atom. The van der Waals surface area contributed by atoms with Gasteiger partial charge >= 0.3 is 0 Å². The molecular formula is C20H22N4O3S. The topological polar surface area (TPSA) is 97.1 Å². The number of benzene rings is 1. The van der Waals surface area contributed by atoms with Crippen LogP contribution < -0.4 is 10.1 Å². The molecular weight excluding hydrogens is 376 g/mol. The molecule has 1 N–H and O–H groups in total. The van der Waals surface area contributed by atoms with Crippen LogP contribution in [0.3, 0.4) is 0 Å². The summed E-state index contributed by atoms with van der Waals surface area (Å²) in [5.41, 5.74) is 0.736. The molecule has 1 fully saturated rings. The highest BCUT2D eigenvalue weighted by molar-refractivity contribution is 7.15. The normalized spacial score (nSPS) is 16.6. The van der Waals surface area contributed by atoms with Gasteiger partial charge in [0, 0.05) is 6.61 Å². The van der Waals surface area contributed by atoms with Crippen molar-refractivity contribution in [3.63, 3.8) is 0 Å². The van der Waals surface area contributed by atoms with E-state index in [2.05, 4.69) is 22.4 Å². The number of ether oxygens (including phenoxy) is 2. The molecule has 0 spiro atoms. The van der Waals surface area contributed by atoms with Crippen molar-refractivity contribution in [1.29, 1.82) is 5.26 Å². The van der Waals surface area contributed by atoms with E-state index in [-0.39, 0.29) is 11.7 Å². The average molecular weight is 398 g/mol. The average Bonchev–Trinajstić information content (AvgIpc) is 3.39. The van der Waals surface area contributed by atoms with Gasteiger partial charge in [0.1, 0.15) is 28.5 Å². The molecule has 0 radical (unpaired) electrons. The van der Waals surface area contributed by atoms with Gasteiger partial charge in [0.2, 0.25) is 5.13 Å². The van der Waals surface area contributed by atoms with Crippen LogP contribution in [0.2, 0.25) is 0 Å². The Morgan fingerprint density at radius 2 is 2.25 bits per heavy atom. The van der Waals surface area contributed by atoms with Gasteiger partial charge in [-0.25, -0.2) is 0 Å². The molecule has 1 amide bonds. The second-order valence-electron chi connectivity index (χ2n) is 6.34. The lowest BCUT2D eigenvalue weighted by Gasteiger charge is -2.05. The summed E-state index contributed by atoms with van der Waals surface area (Å²) in [6, 6.07) is 9.22. The van der Waals surface area contributed by atoms with Gasteiger partial charge in [0.25, 0.3) is 5.91 Å². The predicted molar refractivity (Wildman–Crippen MR) is 107 cm³/mol. The van der Waals surface area contributed by atoms with Crippen LogP contribution in [0.25, 0.3) is 6.08 Å². The summed E-state index contributed by atoms with van der Waals surface area (Å²) < 4.78 is 11.2. The first-order valence-corrected chi connectivity index (χ1v) is 10.1. The molecule has 0 bridgehead atoms. The summed E-state index contributed by atoms with van der Waals surface area (Å²) in [5, 5.41) is 21.1. The molecule has 0 unspecified atom stereocenters. The SMILES string of the molecule is CCCCOc1ccc(/C=C(\C#N)C(=O)Nc2nnc([C@H]3CCCO3)s2)cc1. The molecule has 1 aromatic carbocycles. The van der Waals surface area contributed by atoms with Crippen molar-refractivity contribution in [2.24, 2.45) is 0 Å². The minimum absolute atomic E-state index is 0.00600. The largest absolute Gasteiger partial charge is 0.494 e. The van der Waals surface area contributed by atoms with Gasteiger partial charge in [-0.2, -0.15) is 5.26 Å². The third-order valence-corrected chi connectivity index (χ3v) is 5.12. The molecule has 0 saturated carbocycles. The van der Waals surface area contributed by atoms with Gasteiger partial charge in [0.05, 0.1) is 6.61 Å². The molecule has 1 aliphatic rings. The molecule has 0 aliphatic carbocycles. The van der Waals surface area contributed by atoms with Crippen LogP contribution >= 0.6 is 11.3 Å². The van der Waals surface area contributed by atoms with Crippen molar-refractivity contribution in [1.82, 2.24) is 10.2 Å². The smallest absolute Gasteiger partial charge is 0.268 e. The van der Waals surface area contributed by atoms with E-state index in [1.165, 1.54) is 17.4 Å². The van der Waals surface area contributed by atoms with Crippen molar-refractivity contribution < 1.29 is 14.3 Å². The summed E-state index contributed by atoms with van der Waals surface area (Å²) >= 11 is 1.27. The summed E-state index contributed by atoms with van der Waals surface area (Å²) in [6.07, 6.45) is 5.46. The highest BCUT2D eigenvalue weighted by Gasteiger charge is 2.22. The number of nitriles is 1. The van der Waals surface area contributed by atoms with Gasteiger partial charge in [-0.3, -0.25) is 10.1 Å². The maximum absolute atomic E-state index is 12.4. The van der Waals surface area contributed by atoms with Crippen LogP contribution in [0.4, 0.5) is 5.13 Å². The molecule has 28 heavy (non-hydrogen) atoms. The third-order valence-electron chi connectivity index (χ3n) is 4.19. The molecule has 1 atom stereocenters. The van der Waals surface area contributed by atoms with Crippen molar-refractivity contribution in [3.05, 3.63) is 40.4 Å². The summed E-state index contributed by atoms with van der Waals surface area (Å²) in [4.78, 5) is 12.4. The second-order valence-corrected chi connectivity index (χ2v) is 7.35. The lowest BCUT2D eigenvalue weighted by atomic mass is 10.1. The Balaban J connectivity index is 1.62. The number of carbonyl (C=O) groups excluding carboxylic acids is 1. The van der Waals surface area contributed by atoms with E-state index in [9.17, 15) is 10.1 Å². The zero-order valence-corrected chi connectivity index (χ0v) is 16.5. The number of rotatable bonds is 8. The van der Waals surface area contributed by atoms with E-state index >= 15 is 0 Å². The number of hydrogen-bond acceptors (Lipinski definition) is 7. The van der Waals surface area contributed by atoms with E-state index in [0.717, 1.165) is 48.6 Å². The number of carbonyl (C=O) groups is 1. The highest BCUT2D eigenvalue weighted by Crippen LogP contribution is 2.32. The quantitative estimate of drug-likeness (QED) is 0.408. The first kappa shape index (κ1) is 20.0. The first-order chi connectivity index (χ1) is 13.7. The second kappa shape index (κ2) is 9.97. The van der Waals surface area contributed by atoms with Crippen molar-refractivity contribution >= 4 is 28.5 Å². The Hall–Kier alpha value is -2.76. The van der Waals surface area contributed by atoms with Crippen molar-refractivity contribution in [3.8, 4) is 11.8 Å². The van der Waals surface area contributed by atoms with Crippen molar-refractivity contribution in [2.45, 2.75) is 38.7 Å². The van der Waals surface area contributed by atoms with Gasteiger partial charge in [-0.05, 0) is 43.0 Å². The molecule has 3 rings (SSSR count). The number of unbranched alkanes of at least 4 members (excludes halogenated alkanes) is 1. The fraction of sp³-hybridized carbons (Fsp3) is 0.400. The van der Waals surface area contributed by atoms with Gasteiger partial charge in [-0.1, -0.05) is 36.8 Å². The summed E-state index contributed by atoms with van der Waals surface area (Å²) in [6.45, 7) is 3.50. The minimum Gasteiger partial charge on any atom is -0.494 e. The summed E-state index contributed by atoms with van der Waals surface area (Å²) in [5.74, 6) is 0.255. The fourth-order valence-corrected chi connectivity index (χ4v) is 3.48. The number of amides is 1.